The lowest BCUT2D eigenvalue weighted by Gasteiger charge is -2.07. The highest BCUT2D eigenvalue weighted by Crippen LogP contribution is 2.18. The van der Waals surface area contributed by atoms with E-state index in [0.29, 0.717) is 12.5 Å². The minimum absolute atomic E-state index is 0.141. The Morgan fingerprint density at radius 2 is 2.00 bits per heavy atom. The van der Waals surface area contributed by atoms with Gasteiger partial charge in [-0.1, -0.05) is 12.1 Å². The van der Waals surface area contributed by atoms with Crippen LogP contribution in [0.5, 0.6) is 0 Å². The molecule has 1 aliphatic rings. The SMILES string of the molecule is O=C(Nc1ccc(CCO)cc1)NC1CC1. The molecular formula is C12H16N2O2. The molecular weight excluding hydrogens is 204 g/mol. The second-order valence-electron chi connectivity index (χ2n) is 4.04. The summed E-state index contributed by atoms with van der Waals surface area (Å²) < 4.78 is 0. The number of hydrogen-bond acceptors (Lipinski definition) is 2. The minimum atomic E-state index is -0.141. The van der Waals surface area contributed by atoms with Gasteiger partial charge in [0.05, 0.1) is 0 Å². The molecule has 0 heterocycles. The van der Waals surface area contributed by atoms with E-state index in [9.17, 15) is 4.79 Å². The van der Waals surface area contributed by atoms with Crippen molar-refractivity contribution in [3.63, 3.8) is 0 Å². The second kappa shape index (κ2) is 4.99. The number of carbonyl (C=O) groups is 1. The maximum Gasteiger partial charge on any atom is 0.319 e. The summed E-state index contributed by atoms with van der Waals surface area (Å²) in [6.07, 6.45) is 2.82. The van der Waals surface area contributed by atoms with Crippen molar-refractivity contribution in [1.29, 1.82) is 0 Å². The zero-order valence-electron chi connectivity index (χ0n) is 9.07. The molecule has 1 aromatic carbocycles. The van der Waals surface area contributed by atoms with Crippen LogP contribution in [0.4, 0.5) is 10.5 Å². The highest BCUT2D eigenvalue weighted by Gasteiger charge is 2.22. The largest absolute Gasteiger partial charge is 0.396 e. The maximum absolute atomic E-state index is 11.4. The van der Waals surface area contributed by atoms with Crippen LogP contribution in [0.15, 0.2) is 24.3 Å². The quantitative estimate of drug-likeness (QED) is 0.720. The van der Waals surface area contributed by atoms with Crippen LogP contribution in [0.2, 0.25) is 0 Å². The van der Waals surface area contributed by atoms with Crippen LogP contribution in [-0.2, 0) is 6.42 Å². The Morgan fingerprint density at radius 1 is 1.31 bits per heavy atom. The summed E-state index contributed by atoms with van der Waals surface area (Å²) in [6, 6.07) is 7.73. The number of anilines is 1. The molecule has 1 aliphatic carbocycles. The molecule has 0 aromatic heterocycles. The number of rotatable bonds is 4. The fraction of sp³-hybridized carbons (Fsp3) is 0.417. The molecule has 4 nitrogen and oxygen atoms in total. The Hall–Kier alpha value is -1.55. The van der Waals surface area contributed by atoms with E-state index >= 15 is 0 Å². The Morgan fingerprint density at radius 3 is 2.56 bits per heavy atom. The van der Waals surface area contributed by atoms with E-state index in [1.165, 1.54) is 0 Å². The van der Waals surface area contributed by atoms with Crippen LogP contribution in [0.25, 0.3) is 0 Å². The van der Waals surface area contributed by atoms with Crippen molar-refractivity contribution in [2.24, 2.45) is 0 Å². The van der Waals surface area contributed by atoms with Crippen LogP contribution in [0.3, 0.4) is 0 Å². The Balaban J connectivity index is 1.85. The lowest BCUT2D eigenvalue weighted by atomic mass is 10.1. The van der Waals surface area contributed by atoms with Gasteiger partial charge in [-0.2, -0.15) is 0 Å². The van der Waals surface area contributed by atoms with Gasteiger partial charge >= 0.3 is 6.03 Å². The third-order valence-corrected chi connectivity index (χ3v) is 2.52. The molecule has 16 heavy (non-hydrogen) atoms. The summed E-state index contributed by atoms with van der Waals surface area (Å²) in [5, 5.41) is 14.4. The van der Waals surface area contributed by atoms with Gasteiger partial charge in [0.15, 0.2) is 0 Å². The van der Waals surface area contributed by atoms with Gasteiger partial charge in [-0.3, -0.25) is 0 Å². The molecule has 0 atom stereocenters. The topological polar surface area (TPSA) is 61.4 Å². The molecule has 0 bridgehead atoms. The van der Waals surface area contributed by atoms with E-state index in [-0.39, 0.29) is 12.6 Å². The van der Waals surface area contributed by atoms with Crippen molar-refractivity contribution in [3.8, 4) is 0 Å². The predicted octanol–water partition coefficient (Wildman–Crippen LogP) is 1.51. The number of hydrogen-bond donors (Lipinski definition) is 3. The molecule has 1 saturated carbocycles. The van der Waals surface area contributed by atoms with Crippen molar-refractivity contribution in [2.45, 2.75) is 25.3 Å². The maximum atomic E-state index is 11.4. The second-order valence-corrected chi connectivity index (χ2v) is 4.04. The number of amides is 2. The van der Waals surface area contributed by atoms with E-state index in [1.54, 1.807) is 0 Å². The standard InChI is InChI=1S/C12H16N2O2/c15-8-7-9-1-3-10(4-2-9)13-12(16)14-11-5-6-11/h1-4,11,15H,5-8H2,(H2,13,14,16). The Labute approximate surface area is 94.7 Å². The van der Waals surface area contributed by atoms with Crippen molar-refractivity contribution in [1.82, 2.24) is 5.32 Å². The average Bonchev–Trinajstić information content (AvgIpc) is 3.05. The van der Waals surface area contributed by atoms with Gasteiger partial charge in [0.2, 0.25) is 0 Å². The van der Waals surface area contributed by atoms with Crippen molar-refractivity contribution >= 4 is 11.7 Å². The molecule has 3 N–H and O–H groups in total. The van der Waals surface area contributed by atoms with Crippen LogP contribution >= 0.6 is 0 Å². The van der Waals surface area contributed by atoms with Crippen LogP contribution in [0.1, 0.15) is 18.4 Å². The van der Waals surface area contributed by atoms with Crippen LogP contribution in [0, 0.1) is 0 Å². The molecule has 86 valence electrons. The Bertz CT molecular complexity index is 358. The van der Waals surface area contributed by atoms with Gasteiger partial charge in [0.25, 0.3) is 0 Å². The van der Waals surface area contributed by atoms with Gasteiger partial charge in [0.1, 0.15) is 0 Å². The number of carbonyl (C=O) groups excluding carboxylic acids is 1. The normalized spacial score (nSPS) is 14.6. The van der Waals surface area contributed by atoms with Crippen LogP contribution in [-0.4, -0.2) is 23.8 Å². The number of aliphatic hydroxyl groups excluding tert-OH is 1. The van der Waals surface area contributed by atoms with E-state index in [4.69, 9.17) is 5.11 Å². The summed E-state index contributed by atoms with van der Waals surface area (Å²) in [6.45, 7) is 0.148. The van der Waals surface area contributed by atoms with Gasteiger partial charge in [-0.05, 0) is 37.0 Å². The zero-order valence-corrected chi connectivity index (χ0v) is 9.07. The number of benzene rings is 1. The molecule has 2 amide bonds. The van der Waals surface area contributed by atoms with E-state index < -0.39 is 0 Å². The molecule has 4 heteroatoms. The van der Waals surface area contributed by atoms with Crippen molar-refractivity contribution < 1.29 is 9.90 Å². The number of nitrogens with one attached hydrogen (secondary N) is 2. The third-order valence-electron chi connectivity index (χ3n) is 2.52. The summed E-state index contributed by atoms with van der Waals surface area (Å²) in [4.78, 5) is 11.4. The molecule has 0 aliphatic heterocycles. The highest BCUT2D eigenvalue weighted by molar-refractivity contribution is 5.89. The fourth-order valence-corrected chi connectivity index (χ4v) is 1.46. The fourth-order valence-electron chi connectivity index (χ4n) is 1.46. The summed E-state index contributed by atoms with van der Waals surface area (Å²) in [5.41, 5.74) is 1.84. The van der Waals surface area contributed by atoms with Gasteiger partial charge in [-0.15, -0.1) is 0 Å². The highest BCUT2D eigenvalue weighted by atomic mass is 16.3. The molecule has 0 unspecified atom stereocenters. The molecule has 2 rings (SSSR count). The number of urea groups is 1. The van der Waals surface area contributed by atoms with Crippen molar-refractivity contribution in [2.75, 3.05) is 11.9 Å². The number of aliphatic hydroxyl groups is 1. The first-order valence-electron chi connectivity index (χ1n) is 5.55. The molecule has 0 saturated heterocycles. The first kappa shape index (κ1) is 11.0. The van der Waals surface area contributed by atoms with E-state index in [1.807, 2.05) is 24.3 Å². The third kappa shape index (κ3) is 3.24. The zero-order chi connectivity index (χ0) is 11.4. The van der Waals surface area contributed by atoms with Crippen molar-refractivity contribution in [3.05, 3.63) is 29.8 Å². The molecule has 0 spiro atoms. The molecule has 0 radical (unpaired) electrons. The van der Waals surface area contributed by atoms with Gasteiger partial charge in [-0.25, -0.2) is 4.79 Å². The van der Waals surface area contributed by atoms with Crippen LogP contribution < -0.4 is 10.6 Å². The monoisotopic (exact) mass is 220 g/mol. The Kier molecular flexibility index (Phi) is 3.41. The smallest absolute Gasteiger partial charge is 0.319 e. The van der Waals surface area contributed by atoms with E-state index in [0.717, 1.165) is 24.1 Å². The first-order chi connectivity index (χ1) is 7.78. The minimum Gasteiger partial charge on any atom is -0.396 e. The lowest BCUT2D eigenvalue weighted by Crippen LogP contribution is -2.30. The average molecular weight is 220 g/mol. The molecule has 1 fully saturated rings. The summed E-state index contributed by atoms with van der Waals surface area (Å²) >= 11 is 0. The van der Waals surface area contributed by atoms with E-state index in [2.05, 4.69) is 10.6 Å². The lowest BCUT2D eigenvalue weighted by molar-refractivity contribution is 0.251. The summed E-state index contributed by atoms with van der Waals surface area (Å²) in [5.74, 6) is 0. The van der Waals surface area contributed by atoms with Gasteiger partial charge in [0, 0.05) is 18.3 Å². The summed E-state index contributed by atoms with van der Waals surface area (Å²) in [7, 11) is 0. The first-order valence-corrected chi connectivity index (χ1v) is 5.55. The molecule has 1 aromatic rings. The van der Waals surface area contributed by atoms with Gasteiger partial charge < -0.3 is 15.7 Å². The predicted molar refractivity (Wildman–Crippen MR) is 62.4 cm³/mol.